The van der Waals surface area contributed by atoms with Gasteiger partial charge < -0.3 is 25.4 Å². The van der Waals surface area contributed by atoms with Gasteiger partial charge in [0.05, 0.1) is 18.3 Å². The Morgan fingerprint density at radius 1 is 1.28 bits per heavy atom. The molecule has 2 heterocycles. The second-order valence-corrected chi connectivity index (χ2v) is 9.82. The van der Waals surface area contributed by atoms with E-state index in [0.29, 0.717) is 28.0 Å². The van der Waals surface area contributed by atoms with Crippen molar-refractivity contribution < 1.29 is 24.2 Å². The summed E-state index contributed by atoms with van der Waals surface area (Å²) in [5.74, 6) is 0.138. The molecule has 0 spiro atoms. The van der Waals surface area contributed by atoms with Gasteiger partial charge in [0.25, 0.3) is 0 Å². The van der Waals surface area contributed by atoms with Crippen LogP contribution in [-0.2, 0) is 16.3 Å². The highest BCUT2D eigenvalue weighted by Gasteiger charge is 2.39. The Kier molecular flexibility index (Phi) is 5.98. The summed E-state index contributed by atoms with van der Waals surface area (Å²) < 4.78 is 19.3. The van der Waals surface area contributed by atoms with Gasteiger partial charge in [0.2, 0.25) is 0 Å². The Morgan fingerprint density at radius 3 is 2.66 bits per heavy atom. The normalized spacial score (nSPS) is 12.5. The van der Waals surface area contributed by atoms with Crippen LogP contribution >= 0.6 is 23.5 Å². The third kappa shape index (κ3) is 4.29. The van der Waals surface area contributed by atoms with E-state index in [2.05, 4.69) is 30.9 Å². The van der Waals surface area contributed by atoms with Gasteiger partial charge in [-0.25, -0.2) is 4.98 Å². The van der Waals surface area contributed by atoms with E-state index in [4.69, 9.17) is 15.6 Å². The quantitative estimate of drug-likeness (QED) is 0.290. The zero-order valence-electron chi connectivity index (χ0n) is 15.8. The van der Waals surface area contributed by atoms with Crippen LogP contribution < -0.4 is 10.5 Å². The highest BCUT2D eigenvalue weighted by Crippen LogP contribution is 2.56. The molecule has 0 amide bonds. The number of anilines is 1. The highest BCUT2D eigenvalue weighted by molar-refractivity contribution is 9.10. The maximum absolute atomic E-state index is 11.9. The lowest BCUT2D eigenvalue weighted by Gasteiger charge is -2.26. The first-order valence-corrected chi connectivity index (χ1v) is 11.0. The summed E-state index contributed by atoms with van der Waals surface area (Å²) in [5, 5.41) is 7.60. The van der Waals surface area contributed by atoms with Gasteiger partial charge in [-0.3, -0.25) is 9.13 Å². The van der Waals surface area contributed by atoms with Crippen molar-refractivity contribution in [3.63, 3.8) is 0 Å². The molecule has 1 aromatic carbocycles. The zero-order chi connectivity index (χ0) is 21.4. The largest absolute Gasteiger partial charge is 0.461 e. The second-order valence-electron chi connectivity index (χ2n) is 6.91. The Hall–Kier alpha value is -2.04. The summed E-state index contributed by atoms with van der Waals surface area (Å²) >= 11 is 3.39. The second kappa shape index (κ2) is 8.00. The molecule has 0 saturated carbocycles. The molecule has 10 nitrogen and oxygen atoms in total. The molecule has 0 aliphatic heterocycles. The molecular formula is C17H21BrN5O5P. The molecule has 0 fully saturated rings. The molecule has 2 aromatic heterocycles. The van der Waals surface area contributed by atoms with Crippen molar-refractivity contribution in [2.24, 2.45) is 0 Å². The summed E-state index contributed by atoms with van der Waals surface area (Å²) in [5.41, 5.74) is 8.08. The Balaban J connectivity index is 2.02. The minimum absolute atomic E-state index is 0.0223. The van der Waals surface area contributed by atoms with E-state index in [1.165, 1.54) is 13.8 Å². The number of hydrogen-bond acceptors (Lipinski definition) is 7. The smallest absolute Gasteiger partial charge is 0.335 e. The zero-order valence-corrected chi connectivity index (χ0v) is 18.3. The number of aromatic nitrogens is 4. The molecule has 0 atom stereocenters. The fraction of sp³-hybridized carbons (Fsp3) is 0.353. The molecule has 156 valence electrons. The number of nitrogen functional groups attached to an aromatic ring is 1. The third-order valence-electron chi connectivity index (χ3n) is 4.58. The standard InChI is InChI=1S/C17H21BrN5O5P/c1-17(2,29(25,26)27)11-5-3-4-10(8-11)9-23-14-12(20-15(23)18)13(19)21-16(22-14)28-7-6-24/h3-5,8,24H,6-7,9H2,1-2H3,(H2,19,21,22)(H2,25,26,27). The molecule has 0 unspecified atom stereocenters. The van der Waals surface area contributed by atoms with Gasteiger partial charge in [-0.15, -0.1) is 0 Å². The van der Waals surface area contributed by atoms with Gasteiger partial charge in [0.15, 0.2) is 21.7 Å². The highest BCUT2D eigenvalue weighted by atomic mass is 79.9. The molecule has 3 rings (SSSR count). The van der Waals surface area contributed by atoms with Crippen LogP contribution in [0.15, 0.2) is 29.0 Å². The van der Waals surface area contributed by atoms with Gasteiger partial charge in [-0.2, -0.15) is 9.97 Å². The first-order chi connectivity index (χ1) is 13.5. The van der Waals surface area contributed by atoms with Gasteiger partial charge in [0.1, 0.15) is 6.61 Å². The molecular weight excluding hydrogens is 465 g/mol. The van der Waals surface area contributed by atoms with Crippen LogP contribution in [0.5, 0.6) is 6.01 Å². The van der Waals surface area contributed by atoms with Crippen LogP contribution in [0, 0.1) is 0 Å². The maximum atomic E-state index is 11.9. The molecule has 29 heavy (non-hydrogen) atoms. The molecule has 0 saturated heterocycles. The number of aliphatic hydroxyl groups is 1. The molecule has 0 bridgehead atoms. The first kappa shape index (κ1) is 21.7. The number of halogens is 1. The third-order valence-corrected chi connectivity index (χ3v) is 6.90. The number of aliphatic hydroxyl groups excluding tert-OH is 1. The van der Waals surface area contributed by atoms with E-state index < -0.39 is 12.8 Å². The molecule has 0 radical (unpaired) electrons. The summed E-state index contributed by atoms with van der Waals surface area (Å²) in [4.78, 5) is 32.1. The Bertz CT molecular complexity index is 1100. The van der Waals surface area contributed by atoms with E-state index in [0.717, 1.165) is 5.56 Å². The van der Waals surface area contributed by atoms with Crippen molar-refractivity contribution in [3.8, 4) is 6.01 Å². The topological polar surface area (TPSA) is 157 Å². The number of nitrogens with two attached hydrogens (primary N) is 1. The van der Waals surface area contributed by atoms with Gasteiger partial charge in [-0.05, 0) is 40.9 Å². The van der Waals surface area contributed by atoms with Gasteiger partial charge >= 0.3 is 13.6 Å². The van der Waals surface area contributed by atoms with E-state index in [1.807, 2.05) is 6.07 Å². The van der Waals surface area contributed by atoms with Crippen molar-refractivity contribution in [1.29, 1.82) is 0 Å². The number of rotatable bonds is 7. The van der Waals surface area contributed by atoms with E-state index >= 15 is 0 Å². The van der Waals surface area contributed by atoms with Crippen molar-refractivity contribution in [1.82, 2.24) is 19.5 Å². The number of ether oxygens (including phenoxy) is 1. The maximum Gasteiger partial charge on any atom is 0.335 e. The predicted octanol–water partition coefficient (Wildman–Crippen LogP) is 2.00. The summed E-state index contributed by atoms with van der Waals surface area (Å²) in [6.07, 6.45) is 0. The average molecular weight is 486 g/mol. The van der Waals surface area contributed by atoms with Crippen molar-refractivity contribution in [2.75, 3.05) is 18.9 Å². The number of hydrogen-bond donors (Lipinski definition) is 4. The van der Waals surface area contributed by atoms with Crippen LogP contribution in [0.25, 0.3) is 11.2 Å². The SMILES string of the molecule is CC(C)(c1cccc(Cn2c(Br)nc3c(N)nc(OCCO)nc32)c1)P(=O)(O)O. The molecule has 0 aliphatic rings. The monoisotopic (exact) mass is 485 g/mol. The lowest BCUT2D eigenvalue weighted by atomic mass is 10.00. The Labute approximate surface area is 175 Å². The fourth-order valence-corrected chi connectivity index (χ4v) is 3.66. The molecule has 0 aliphatic carbocycles. The van der Waals surface area contributed by atoms with Crippen LogP contribution in [0.2, 0.25) is 0 Å². The van der Waals surface area contributed by atoms with Crippen LogP contribution in [0.3, 0.4) is 0 Å². The van der Waals surface area contributed by atoms with Crippen LogP contribution in [0.1, 0.15) is 25.0 Å². The van der Waals surface area contributed by atoms with Crippen molar-refractivity contribution in [3.05, 3.63) is 40.1 Å². The number of benzene rings is 1. The molecule has 5 N–H and O–H groups in total. The first-order valence-electron chi connectivity index (χ1n) is 8.62. The molecule has 3 aromatic rings. The summed E-state index contributed by atoms with van der Waals surface area (Å²) in [6.45, 7) is 3.17. The van der Waals surface area contributed by atoms with Gasteiger partial charge in [-0.1, -0.05) is 24.3 Å². The number of fused-ring (bicyclic) bond motifs is 1. The van der Waals surface area contributed by atoms with E-state index in [9.17, 15) is 14.4 Å². The summed E-state index contributed by atoms with van der Waals surface area (Å²) in [7, 11) is -4.36. The fourth-order valence-electron chi connectivity index (χ4n) is 2.72. The minimum Gasteiger partial charge on any atom is -0.461 e. The number of nitrogens with zero attached hydrogens (tertiary/aromatic N) is 4. The lowest BCUT2D eigenvalue weighted by molar-refractivity contribution is 0.192. The van der Waals surface area contributed by atoms with E-state index in [1.54, 1.807) is 22.8 Å². The van der Waals surface area contributed by atoms with Crippen LogP contribution in [0.4, 0.5) is 5.82 Å². The lowest BCUT2D eigenvalue weighted by Crippen LogP contribution is -2.17. The van der Waals surface area contributed by atoms with Crippen LogP contribution in [-0.4, -0.2) is 47.6 Å². The molecule has 12 heteroatoms. The Morgan fingerprint density at radius 2 is 2.00 bits per heavy atom. The van der Waals surface area contributed by atoms with Crippen molar-refractivity contribution in [2.45, 2.75) is 25.5 Å². The minimum atomic E-state index is -4.36. The summed E-state index contributed by atoms with van der Waals surface area (Å²) in [6, 6.07) is 7.03. The predicted molar refractivity (Wildman–Crippen MR) is 111 cm³/mol. The van der Waals surface area contributed by atoms with Gasteiger partial charge in [0, 0.05) is 0 Å². The number of imidazole rings is 1. The van der Waals surface area contributed by atoms with Crippen molar-refractivity contribution >= 4 is 40.5 Å². The average Bonchev–Trinajstić information content (AvgIpc) is 2.96. The van der Waals surface area contributed by atoms with E-state index in [-0.39, 0.29) is 25.0 Å².